The first-order valence-electron chi connectivity index (χ1n) is 14.0. The van der Waals surface area contributed by atoms with E-state index in [-0.39, 0.29) is 49.7 Å². The number of ketones is 1. The number of β-amino-alcohol motifs (C(OH)–C–C–N with tert-alkyl or cyclic N) is 1. The van der Waals surface area contributed by atoms with Gasteiger partial charge in [-0.1, -0.05) is 57.3 Å². The molecule has 2 aromatic heterocycles. The van der Waals surface area contributed by atoms with E-state index in [1.165, 1.54) is 10.5 Å². The summed E-state index contributed by atoms with van der Waals surface area (Å²) in [7, 11) is 0. The Morgan fingerprint density at radius 1 is 1.15 bits per heavy atom. The van der Waals surface area contributed by atoms with Gasteiger partial charge in [-0.25, -0.2) is 4.98 Å². The normalized spacial score (nSPS) is 17.5. The maximum absolute atomic E-state index is 13.6. The van der Waals surface area contributed by atoms with E-state index in [0.717, 1.165) is 24.8 Å². The molecule has 9 nitrogen and oxygen atoms in total. The van der Waals surface area contributed by atoms with Crippen molar-refractivity contribution in [1.29, 1.82) is 0 Å². The fourth-order valence-corrected chi connectivity index (χ4v) is 5.57. The van der Waals surface area contributed by atoms with Crippen molar-refractivity contribution in [3.05, 3.63) is 51.9 Å². The van der Waals surface area contributed by atoms with Crippen molar-refractivity contribution >= 4 is 34.9 Å². The molecule has 4 rings (SSSR count). The van der Waals surface area contributed by atoms with Gasteiger partial charge < -0.3 is 14.7 Å². The molecule has 40 heavy (non-hydrogen) atoms. The van der Waals surface area contributed by atoms with Crippen molar-refractivity contribution in [2.75, 3.05) is 18.1 Å². The molecule has 0 spiro atoms. The number of anilines is 1. The summed E-state index contributed by atoms with van der Waals surface area (Å²) in [6, 6.07) is 8.20. The van der Waals surface area contributed by atoms with Gasteiger partial charge >= 0.3 is 5.97 Å². The molecule has 0 bridgehead atoms. The van der Waals surface area contributed by atoms with Crippen LogP contribution in [0.25, 0.3) is 17.0 Å². The van der Waals surface area contributed by atoms with Crippen molar-refractivity contribution < 1.29 is 19.4 Å². The second-order valence-electron chi connectivity index (χ2n) is 11.3. The van der Waals surface area contributed by atoms with Crippen molar-refractivity contribution in [1.82, 2.24) is 14.0 Å². The van der Waals surface area contributed by atoms with Crippen molar-refractivity contribution in [2.45, 2.75) is 84.9 Å². The number of ether oxygens (including phenoxy) is 1. The van der Waals surface area contributed by atoms with Crippen LogP contribution in [0.1, 0.15) is 66.2 Å². The second-order valence-corrected chi connectivity index (χ2v) is 11.8. The van der Waals surface area contributed by atoms with Gasteiger partial charge in [0.05, 0.1) is 30.9 Å². The Labute approximate surface area is 239 Å². The molecule has 2 atom stereocenters. The number of nitrogens with zero attached hydrogens (tertiary/aromatic N) is 4. The molecule has 0 aliphatic carbocycles. The number of unbranched alkanes of at least 4 members (excludes halogenated alkanes) is 2. The fourth-order valence-electron chi connectivity index (χ4n) is 5.44. The molecule has 3 aromatic rings. The lowest BCUT2D eigenvalue weighted by atomic mass is 9.82. The Morgan fingerprint density at radius 2 is 1.88 bits per heavy atom. The number of aryl methyl sites for hydroxylation is 1. The number of imidazole rings is 1. The Balaban J connectivity index is 1.73. The van der Waals surface area contributed by atoms with E-state index in [2.05, 4.69) is 6.92 Å². The number of benzene rings is 1. The summed E-state index contributed by atoms with van der Waals surface area (Å²) < 4.78 is 8.61. The van der Waals surface area contributed by atoms with Gasteiger partial charge in [0.1, 0.15) is 5.82 Å². The number of hydrogen-bond acceptors (Lipinski definition) is 7. The van der Waals surface area contributed by atoms with E-state index < -0.39 is 17.6 Å². The minimum atomic E-state index is -0.720. The molecule has 10 heteroatoms. The molecular weight excluding hydrogens is 532 g/mol. The van der Waals surface area contributed by atoms with Gasteiger partial charge in [-0.05, 0) is 30.9 Å². The summed E-state index contributed by atoms with van der Waals surface area (Å²) in [5.74, 6) is 0.636. The summed E-state index contributed by atoms with van der Waals surface area (Å²) in [5, 5.41) is 11.3. The zero-order valence-corrected chi connectivity index (χ0v) is 24.5. The van der Waals surface area contributed by atoms with Crippen molar-refractivity contribution in [2.24, 2.45) is 5.41 Å². The van der Waals surface area contributed by atoms with Crippen LogP contribution in [0.5, 0.6) is 0 Å². The van der Waals surface area contributed by atoms with Gasteiger partial charge in [0.15, 0.2) is 5.78 Å². The first-order chi connectivity index (χ1) is 19.0. The van der Waals surface area contributed by atoms with E-state index in [9.17, 15) is 19.5 Å². The number of aromatic nitrogens is 3. The smallest absolute Gasteiger partial charge is 0.306 e. The van der Waals surface area contributed by atoms with Gasteiger partial charge in [0, 0.05) is 48.8 Å². The van der Waals surface area contributed by atoms with E-state index >= 15 is 0 Å². The molecule has 1 fully saturated rings. The van der Waals surface area contributed by atoms with E-state index in [4.69, 9.17) is 21.3 Å². The minimum Gasteiger partial charge on any atom is -0.466 e. The Kier molecular flexibility index (Phi) is 9.36. The molecule has 1 aromatic carbocycles. The van der Waals surface area contributed by atoms with E-state index in [0.29, 0.717) is 28.9 Å². The molecule has 216 valence electrons. The molecule has 1 aliphatic rings. The minimum absolute atomic E-state index is 0.0801. The van der Waals surface area contributed by atoms with Crippen LogP contribution in [-0.4, -0.2) is 56.1 Å². The van der Waals surface area contributed by atoms with Crippen LogP contribution in [0.3, 0.4) is 0 Å². The summed E-state index contributed by atoms with van der Waals surface area (Å²) in [6.45, 7) is 8.73. The quantitative estimate of drug-likeness (QED) is 0.244. The zero-order chi connectivity index (χ0) is 29.0. The van der Waals surface area contributed by atoms with E-state index in [1.807, 2.05) is 35.4 Å². The summed E-state index contributed by atoms with van der Waals surface area (Å²) in [6.07, 6.45) is 4.41. The number of rotatable bonds is 12. The van der Waals surface area contributed by atoms with Gasteiger partial charge in [0.2, 0.25) is 5.78 Å². The monoisotopic (exact) mass is 570 g/mol. The van der Waals surface area contributed by atoms with Crippen LogP contribution in [0.2, 0.25) is 5.02 Å². The number of carbonyl (C=O) groups excluding carboxylic acids is 2. The predicted octanol–water partition coefficient (Wildman–Crippen LogP) is 4.88. The SMILES string of the molecule is CCCCCn1c(N2C[C@H](O)C[C@H]2C(=O)CC(C)(C)CC(=O)OCC)cc(=O)n2cc(-c3ccc(Cl)cc3)nc12. The number of hydrogen-bond donors (Lipinski definition) is 1. The highest BCUT2D eigenvalue weighted by Crippen LogP contribution is 2.33. The number of fused-ring (bicyclic) bond motifs is 1. The fraction of sp³-hybridized carbons (Fsp3) is 0.533. The highest BCUT2D eigenvalue weighted by Gasteiger charge is 2.40. The number of halogens is 1. The third-order valence-corrected chi connectivity index (χ3v) is 7.60. The number of aliphatic hydroxyl groups excluding tert-OH is 1. The molecule has 0 unspecified atom stereocenters. The van der Waals surface area contributed by atoms with E-state index in [1.54, 1.807) is 25.3 Å². The molecule has 0 amide bonds. The standard InChI is InChI=1S/C30H39ClN4O5/c1-5-7-8-13-33-26(15-27(38)35-19-23(32-29(33)35)20-9-11-21(31)12-10-20)34-18-22(36)14-24(34)25(37)16-30(3,4)17-28(39)40-6-2/h9-12,15,19,22,24,36H,5-8,13-14,16-18H2,1-4H3/t22-,24+/m1/s1. The van der Waals surface area contributed by atoms with Crippen LogP contribution >= 0.6 is 11.6 Å². The highest BCUT2D eigenvalue weighted by molar-refractivity contribution is 6.30. The zero-order valence-electron chi connectivity index (χ0n) is 23.7. The van der Waals surface area contributed by atoms with Gasteiger partial charge in [-0.15, -0.1) is 0 Å². The lowest BCUT2D eigenvalue weighted by molar-refractivity contribution is -0.145. The number of carbonyl (C=O) groups is 2. The van der Waals surface area contributed by atoms with Gasteiger partial charge in [0.25, 0.3) is 5.56 Å². The highest BCUT2D eigenvalue weighted by atomic mass is 35.5. The molecule has 0 radical (unpaired) electrons. The van der Waals surface area contributed by atoms with Crippen molar-refractivity contribution in [3.63, 3.8) is 0 Å². The first-order valence-corrected chi connectivity index (χ1v) is 14.4. The van der Waals surface area contributed by atoms with Crippen LogP contribution in [-0.2, 0) is 20.9 Å². The number of esters is 1. The molecule has 1 N–H and O–H groups in total. The average molecular weight is 571 g/mol. The first kappa shape index (κ1) is 29.8. The maximum Gasteiger partial charge on any atom is 0.306 e. The van der Waals surface area contributed by atoms with Crippen LogP contribution in [0, 0.1) is 5.41 Å². The third-order valence-electron chi connectivity index (χ3n) is 7.35. The van der Waals surface area contributed by atoms with Crippen molar-refractivity contribution in [3.8, 4) is 11.3 Å². The van der Waals surface area contributed by atoms with Crippen LogP contribution in [0.4, 0.5) is 5.82 Å². The van der Waals surface area contributed by atoms with Crippen LogP contribution in [0.15, 0.2) is 41.3 Å². The molecule has 3 heterocycles. The Morgan fingerprint density at radius 3 is 2.55 bits per heavy atom. The average Bonchev–Trinajstić information content (AvgIpc) is 3.50. The summed E-state index contributed by atoms with van der Waals surface area (Å²) in [5.41, 5.74) is 0.608. The molecule has 0 saturated carbocycles. The Hall–Kier alpha value is -3.17. The largest absolute Gasteiger partial charge is 0.466 e. The van der Waals surface area contributed by atoms with Gasteiger partial charge in [-0.2, -0.15) is 0 Å². The lowest BCUT2D eigenvalue weighted by Gasteiger charge is -2.31. The maximum atomic E-state index is 13.6. The Bertz CT molecular complexity index is 1410. The second kappa shape index (κ2) is 12.6. The predicted molar refractivity (Wildman–Crippen MR) is 156 cm³/mol. The van der Waals surface area contributed by atoms with Crippen LogP contribution < -0.4 is 10.5 Å². The summed E-state index contributed by atoms with van der Waals surface area (Å²) >= 11 is 6.07. The van der Waals surface area contributed by atoms with Gasteiger partial charge in [-0.3, -0.25) is 23.4 Å². The molecule has 1 saturated heterocycles. The number of Topliss-reactive ketones (excluding diaryl/α,β-unsaturated/α-hetero) is 1. The molecular formula is C30H39ClN4O5. The summed E-state index contributed by atoms with van der Waals surface area (Å²) in [4.78, 5) is 45.8. The lowest BCUT2D eigenvalue weighted by Crippen LogP contribution is -2.41. The number of aliphatic hydroxyl groups is 1. The third kappa shape index (κ3) is 6.75. The topological polar surface area (TPSA) is 106 Å². The molecule has 1 aliphatic heterocycles.